The molecule has 1 unspecified atom stereocenters. The van der Waals surface area contributed by atoms with Gasteiger partial charge in [0.15, 0.2) is 0 Å². The van der Waals surface area contributed by atoms with Crippen LogP contribution in [0.25, 0.3) is 10.9 Å². The molecule has 4 rings (SSSR count). The first kappa shape index (κ1) is 31.0. The normalized spacial score (nSPS) is 16.8. The molecular weight excluding hydrogens is 554 g/mol. The van der Waals surface area contributed by atoms with Crippen molar-refractivity contribution < 1.29 is 42.5 Å². The van der Waals surface area contributed by atoms with Crippen molar-refractivity contribution in [3.8, 4) is 0 Å². The zero-order valence-corrected chi connectivity index (χ0v) is 23.2. The number of carbonyl (C=O) groups is 3. The number of methoxy groups -OCH3 is 1. The third-order valence-electron chi connectivity index (χ3n) is 6.79. The minimum atomic E-state index is -2.27. The minimum absolute atomic E-state index is 0.0209. The molecule has 3 amide bonds. The van der Waals surface area contributed by atoms with Gasteiger partial charge in [-0.3, -0.25) is 14.4 Å². The van der Waals surface area contributed by atoms with Gasteiger partial charge in [0.25, 0.3) is 17.7 Å². The van der Waals surface area contributed by atoms with Gasteiger partial charge in [0.2, 0.25) is 5.60 Å². The lowest BCUT2D eigenvalue weighted by atomic mass is 10.0. The van der Waals surface area contributed by atoms with Crippen molar-refractivity contribution in [2.24, 2.45) is 0 Å². The highest BCUT2D eigenvalue weighted by Crippen LogP contribution is 2.31. The number of nitrogens with zero attached hydrogens (tertiary/aromatic N) is 1. The number of rotatable bonds is 15. The van der Waals surface area contributed by atoms with Gasteiger partial charge in [-0.2, -0.15) is 0 Å². The van der Waals surface area contributed by atoms with E-state index in [4.69, 9.17) is 14.2 Å². The fraction of sp³-hybridized carbons (Fsp3) is 0.414. The van der Waals surface area contributed by atoms with E-state index in [1.165, 1.54) is 4.90 Å². The van der Waals surface area contributed by atoms with Crippen LogP contribution in [0.15, 0.2) is 42.5 Å². The molecule has 2 aromatic carbocycles. The highest BCUT2D eigenvalue weighted by Gasteiger charge is 2.51. The number of hydrogen-bond acceptors (Lipinski definition) is 7. The van der Waals surface area contributed by atoms with E-state index >= 15 is 0 Å². The molecule has 0 bridgehead atoms. The third-order valence-corrected chi connectivity index (χ3v) is 6.79. The molecule has 0 aliphatic carbocycles. The lowest BCUT2D eigenvalue weighted by Crippen LogP contribution is -2.52. The molecule has 1 aliphatic heterocycles. The summed E-state index contributed by atoms with van der Waals surface area (Å²) >= 11 is 0. The zero-order chi connectivity index (χ0) is 30.1. The van der Waals surface area contributed by atoms with Crippen molar-refractivity contribution in [2.45, 2.75) is 18.4 Å². The lowest BCUT2D eigenvalue weighted by molar-refractivity contribution is -0.149. The molecule has 1 aromatic heterocycles. The predicted molar refractivity (Wildman–Crippen MR) is 149 cm³/mol. The molecule has 1 atom stereocenters. The number of halogens is 2. The SMILES string of the molecule is COCCOCCOCCNC(=O)c1cc2cc(N3CCC(O)(C(=O)NCCc4cc(F)cc(F)c4)C3=O)ccc2[nH]1. The molecule has 42 heavy (non-hydrogen) atoms. The second kappa shape index (κ2) is 14.3. The summed E-state index contributed by atoms with van der Waals surface area (Å²) in [5, 5.41) is 16.8. The second-order valence-corrected chi connectivity index (χ2v) is 9.78. The Morgan fingerprint density at radius 2 is 1.69 bits per heavy atom. The van der Waals surface area contributed by atoms with Gasteiger partial charge in [0, 0.05) is 55.8 Å². The lowest BCUT2D eigenvalue weighted by Gasteiger charge is -2.22. The molecule has 226 valence electrons. The van der Waals surface area contributed by atoms with Crippen LogP contribution in [0.3, 0.4) is 0 Å². The maximum Gasteiger partial charge on any atom is 0.268 e. The first-order chi connectivity index (χ1) is 20.2. The average Bonchev–Trinajstić information content (AvgIpc) is 3.52. The Balaban J connectivity index is 1.28. The fourth-order valence-electron chi connectivity index (χ4n) is 4.59. The molecular formula is C29H34F2N4O7. The summed E-state index contributed by atoms with van der Waals surface area (Å²) in [6.45, 7) is 2.54. The Bertz CT molecular complexity index is 1400. The zero-order valence-electron chi connectivity index (χ0n) is 23.2. The van der Waals surface area contributed by atoms with Crippen LogP contribution in [-0.4, -0.2) is 93.2 Å². The van der Waals surface area contributed by atoms with Crippen molar-refractivity contribution in [2.75, 3.05) is 64.7 Å². The van der Waals surface area contributed by atoms with Gasteiger partial charge < -0.3 is 39.8 Å². The number of anilines is 1. The number of benzene rings is 2. The highest BCUT2D eigenvalue weighted by molar-refractivity contribution is 6.16. The summed E-state index contributed by atoms with van der Waals surface area (Å²) in [6.07, 6.45) is -0.0157. The maximum atomic E-state index is 13.4. The summed E-state index contributed by atoms with van der Waals surface area (Å²) < 4.78 is 42.4. The molecule has 11 nitrogen and oxygen atoms in total. The van der Waals surface area contributed by atoms with Crippen LogP contribution in [0.5, 0.6) is 0 Å². The van der Waals surface area contributed by atoms with E-state index in [2.05, 4.69) is 15.6 Å². The number of aliphatic hydroxyl groups is 1. The van der Waals surface area contributed by atoms with Crippen LogP contribution in [-0.2, 0) is 30.2 Å². The van der Waals surface area contributed by atoms with E-state index in [1.807, 2.05) is 0 Å². The first-order valence-electron chi connectivity index (χ1n) is 13.5. The number of carbonyl (C=O) groups excluding carboxylic acids is 3. The van der Waals surface area contributed by atoms with E-state index in [9.17, 15) is 28.3 Å². The summed E-state index contributed by atoms with van der Waals surface area (Å²) in [5.41, 5.74) is -0.490. The van der Waals surface area contributed by atoms with E-state index in [-0.39, 0.29) is 31.8 Å². The topological polar surface area (TPSA) is 142 Å². The number of nitrogens with one attached hydrogen (secondary N) is 3. The molecule has 1 aliphatic rings. The summed E-state index contributed by atoms with van der Waals surface area (Å²) in [7, 11) is 1.60. The van der Waals surface area contributed by atoms with Gasteiger partial charge in [-0.15, -0.1) is 0 Å². The van der Waals surface area contributed by atoms with E-state index in [0.29, 0.717) is 67.4 Å². The number of hydrogen-bond donors (Lipinski definition) is 4. The molecule has 1 fully saturated rings. The van der Waals surface area contributed by atoms with E-state index < -0.39 is 29.0 Å². The van der Waals surface area contributed by atoms with Gasteiger partial charge in [0.1, 0.15) is 17.3 Å². The first-order valence-corrected chi connectivity index (χ1v) is 13.5. The molecule has 3 aromatic rings. The Hall–Kier alpha value is -3.91. The van der Waals surface area contributed by atoms with Gasteiger partial charge >= 0.3 is 0 Å². The average molecular weight is 589 g/mol. The molecule has 4 N–H and O–H groups in total. The summed E-state index contributed by atoms with van der Waals surface area (Å²) in [5.74, 6) is -3.45. The van der Waals surface area contributed by atoms with Crippen LogP contribution in [0.4, 0.5) is 14.5 Å². The summed E-state index contributed by atoms with van der Waals surface area (Å²) in [6, 6.07) is 9.75. The van der Waals surface area contributed by atoms with Crippen molar-refractivity contribution in [3.05, 3.63) is 65.4 Å². The van der Waals surface area contributed by atoms with Crippen LogP contribution in [0, 0.1) is 11.6 Å². The largest absolute Gasteiger partial charge is 0.382 e. The number of aromatic amines is 1. The van der Waals surface area contributed by atoms with Crippen LogP contribution >= 0.6 is 0 Å². The van der Waals surface area contributed by atoms with Crippen LogP contribution in [0.1, 0.15) is 22.5 Å². The Morgan fingerprint density at radius 1 is 0.976 bits per heavy atom. The highest BCUT2D eigenvalue weighted by atomic mass is 19.1. The molecule has 0 radical (unpaired) electrons. The van der Waals surface area contributed by atoms with Gasteiger partial charge in [-0.05, 0) is 48.4 Å². The smallest absolute Gasteiger partial charge is 0.268 e. The predicted octanol–water partition coefficient (Wildman–Crippen LogP) is 1.68. The van der Waals surface area contributed by atoms with E-state index in [1.54, 1.807) is 31.4 Å². The third kappa shape index (κ3) is 7.68. The molecule has 2 heterocycles. The quantitative estimate of drug-likeness (QED) is 0.156. The molecule has 1 saturated heterocycles. The van der Waals surface area contributed by atoms with Crippen molar-refractivity contribution in [1.29, 1.82) is 0 Å². The standard InChI is InChI=1S/C29H34F2N4O7/c1-40-10-11-42-13-12-41-9-7-32-26(36)25-17-20-16-23(2-3-24(20)34-25)35-8-5-29(39,28(35)38)27(37)33-6-4-19-14-21(30)18-22(31)15-19/h2-3,14-18,34,39H,4-13H2,1H3,(H,32,36)(H,33,37). The van der Waals surface area contributed by atoms with Crippen LogP contribution < -0.4 is 15.5 Å². The molecule has 13 heteroatoms. The monoisotopic (exact) mass is 588 g/mol. The van der Waals surface area contributed by atoms with Gasteiger partial charge in [0.05, 0.1) is 33.0 Å². The number of H-pyrrole nitrogens is 1. The van der Waals surface area contributed by atoms with Gasteiger partial charge in [-0.25, -0.2) is 8.78 Å². The number of ether oxygens (including phenoxy) is 3. The van der Waals surface area contributed by atoms with Crippen molar-refractivity contribution in [3.63, 3.8) is 0 Å². The second-order valence-electron chi connectivity index (χ2n) is 9.78. The maximum absolute atomic E-state index is 13.4. The van der Waals surface area contributed by atoms with Crippen molar-refractivity contribution in [1.82, 2.24) is 15.6 Å². The molecule has 0 spiro atoms. The number of fused-ring (bicyclic) bond motifs is 1. The summed E-state index contributed by atoms with van der Waals surface area (Å²) in [4.78, 5) is 42.8. The Morgan fingerprint density at radius 3 is 2.43 bits per heavy atom. The Kier molecular flexibility index (Phi) is 10.6. The van der Waals surface area contributed by atoms with Crippen molar-refractivity contribution >= 4 is 34.3 Å². The Labute approximate surface area is 241 Å². The van der Waals surface area contributed by atoms with E-state index in [0.717, 1.165) is 18.2 Å². The fourth-order valence-corrected chi connectivity index (χ4v) is 4.59. The van der Waals surface area contributed by atoms with Crippen LogP contribution in [0.2, 0.25) is 0 Å². The molecule has 0 saturated carbocycles. The number of aromatic nitrogens is 1. The van der Waals surface area contributed by atoms with Gasteiger partial charge in [-0.1, -0.05) is 0 Å². The minimum Gasteiger partial charge on any atom is -0.382 e. The number of amides is 3.